The molecule has 3 rings (SSSR count). The van der Waals surface area contributed by atoms with Gasteiger partial charge in [-0.3, -0.25) is 0 Å². The molecule has 3 aromatic rings. The van der Waals surface area contributed by atoms with Gasteiger partial charge in [-0.2, -0.15) is 0 Å². The normalized spacial score (nSPS) is 11.0. The molecule has 1 heterocycles. The molecule has 1 aromatic heterocycles. The molecule has 0 amide bonds. The number of rotatable bonds is 7. The Morgan fingerprint density at radius 1 is 1.00 bits per heavy atom. The minimum Gasteiger partial charge on any atom is -0.494 e. The summed E-state index contributed by atoms with van der Waals surface area (Å²) in [4.78, 5) is 5.42. The van der Waals surface area contributed by atoms with E-state index in [9.17, 15) is 0 Å². The number of benzene rings is 2. The van der Waals surface area contributed by atoms with E-state index in [1.165, 1.54) is 0 Å². The van der Waals surface area contributed by atoms with Gasteiger partial charge < -0.3 is 14.1 Å². The maximum Gasteiger partial charge on any atom is 0.142 e. The highest BCUT2D eigenvalue weighted by atomic mass is 16.6. The third kappa shape index (κ3) is 4.14. The first-order chi connectivity index (χ1) is 12.7. The fraction of sp³-hybridized carbons (Fsp3) is 0.227. The van der Waals surface area contributed by atoms with Crippen molar-refractivity contribution in [3.63, 3.8) is 0 Å². The summed E-state index contributed by atoms with van der Waals surface area (Å²) < 4.78 is 7.72. The monoisotopic (exact) mass is 348 g/mol. The zero-order valence-corrected chi connectivity index (χ0v) is 15.5. The van der Waals surface area contributed by atoms with E-state index in [0.717, 1.165) is 34.0 Å². The van der Waals surface area contributed by atoms with E-state index < -0.39 is 0 Å². The fourth-order valence-corrected chi connectivity index (χ4v) is 2.95. The van der Waals surface area contributed by atoms with Crippen LogP contribution in [0.2, 0.25) is 0 Å². The van der Waals surface area contributed by atoms with Crippen LogP contribution in [0.4, 0.5) is 0 Å². The molecule has 0 aliphatic heterocycles. The van der Waals surface area contributed by atoms with Gasteiger partial charge in [-0.15, -0.1) is 0 Å². The zero-order valence-electron chi connectivity index (χ0n) is 15.5. The zero-order chi connectivity index (χ0) is 18.4. The third-order valence-corrected chi connectivity index (χ3v) is 4.22. The number of oxime groups is 1. The average molecular weight is 348 g/mol. The summed E-state index contributed by atoms with van der Waals surface area (Å²) in [6, 6.07) is 20.3. The molecule has 0 saturated carbocycles. The molecule has 0 unspecified atom stereocenters. The van der Waals surface area contributed by atoms with Crippen LogP contribution < -0.4 is 4.74 Å². The molecule has 0 fully saturated rings. The van der Waals surface area contributed by atoms with Crippen LogP contribution in [0.5, 0.6) is 5.75 Å². The van der Waals surface area contributed by atoms with Crippen LogP contribution in [0.3, 0.4) is 0 Å². The number of aromatic nitrogens is 1. The van der Waals surface area contributed by atoms with Crippen molar-refractivity contribution in [3.05, 3.63) is 83.2 Å². The van der Waals surface area contributed by atoms with Crippen LogP contribution in [-0.4, -0.2) is 17.4 Å². The Morgan fingerprint density at radius 2 is 1.73 bits per heavy atom. The lowest BCUT2D eigenvalue weighted by Crippen LogP contribution is -2.00. The highest BCUT2D eigenvalue weighted by molar-refractivity contribution is 5.81. The van der Waals surface area contributed by atoms with Crippen molar-refractivity contribution >= 4 is 6.21 Å². The molecule has 26 heavy (non-hydrogen) atoms. The Morgan fingerprint density at radius 3 is 2.42 bits per heavy atom. The van der Waals surface area contributed by atoms with E-state index in [4.69, 9.17) is 9.57 Å². The van der Waals surface area contributed by atoms with Gasteiger partial charge in [-0.1, -0.05) is 35.5 Å². The van der Waals surface area contributed by atoms with Gasteiger partial charge in [0.25, 0.3) is 0 Å². The summed E-state index contributed by atoms with van der Waals surface area (Å²) in [6.45, 7) is 7.30. The SMILES string of the molecule is CCOc1ccc(-n2c(C)cc(/C=N\OCc3ccccc3)c2C)cc1. The molecule has 4 heteroatoms. The van der Waals surface area contributed by atoms with E-state index >= 15 is 0 Å². The van der Waals surface area contributed by atoms with Gasteiger partial charge in [0, 0.05) is 22.6 Å². The van der Waals surface area contributed by atoms with E-state index in [-0.39, 0.29) is 0 Å². The van der Waals surface area contributed by atoms with E-state index in [1.54, 1.807) is 6.21 Å². The van der Waals surface area contributed by atoms with Crippen molar-refractivity contribution in [2.24, 2.45) is 5.16 Å². The summed E-state index contributed by atoms with van der Waals surface area (Å²) in [5.41, 5.74) is 5.53. The molecule has 0 saturated heterocycles. The van der Waals surface area contributed by atoms with Crippen molar-refractivity contribution in [2.75, 3.05) is 6.61 Å². The summed E-state index contributed by atoms with van der Waals surface area (Å²) >= 11 is 0. The van der Waals surface area contributed by atoms with Gasteiger partial charge in [0.1, 0.15) is 12.4 Å². The standard InChI is InChI=1S/C22H24N2O2/c1-4-25-22-12-10-21(11-13-22)24-17(2)14-20(18(24)3)15-23-26-16-19-8-6-5-7-9-19/h5-15H,4,16H2,1-3H3/b23-15-. The number of hydrogen-bond donors (Lipinski definition) is 0. The Hall–Kier alpha value is -3.01. The van der Waals surface area contributed by atoms with E-state index in [1.807, 2.05) is 49.4 Å². The number of nitrogens with zero attached hydrogens (tertiary/aromatic N) is 2. The van der Waals surface area contributed by atoms with Crippen molar-refractivity contribution in [2.45, 2.75) is 27.4 Å². The molecule has 134 valence electrons. The topological polar surface area (TPSA) is 35.8 Å². The molecule has 4 nitrogen and oxygen atoms in total. The van der Waals surface area contributed by atoms with Crippen LogP contribution in [0.15, 0.2) is 65.8 Å². The van der Waals surface area contributed by atoms with Crippen molar-refractivity contribution in [3.8, 4) is 11.4 Å². The molecule has 0 spiro atoms. The number of ether oxygens (including phenoxy) is 1. The third-order valence-electron chi connectivity index (χ3n) is 4.22. The predicted octanol–water partition coefficient (Wildman–Crippen LogP) is 5.04. The van der Waals surface area contributed by atoms with Gasteiger partial charge in [0.05, 0.1) is 12.8 Å². The Kier molecular flexibility index (Phi) is 5.74. The molecule has 0 atom stereocenters. The largest absolute Gasteiger partial charge is 0.494 e. The van der Waals surface area contributed by atoms with Crippen LogP contribution >= 0.6 is 0 Å². The number of hydrogen-bond acceptors (Lipinski definition) is 3. The second-order valence-corrected chi connectivity index (χ2v) is 6.08. The number of aryl methyl sites for hydroxylation is 1. The minimum atomic E-state index is 0.467. The highest BCUT2D eigenvalue weighted by Crippen LogP contribution is 2.22. The molecule has 0 aliphatic carbocycles. The highest BCUT2D eigenvalue weighted by Gasteiger charge is 2.09. The van der Waals surface area contributed by atoms with Gasteiger partial charge >= 0.3 is 0 Å². The first-order valence-corrected chi connectivity index (χ1v) is 8.80. The molecule has 0 aliphatic rings. The first kappa shape index (κ1) is 17.8. The van der Waals surface area contributed by atoms with Gasteiger partial charge in [0.2, 0.25) is 0 Å². The lowest BCUT2D eigenvalue weighted by atomic mass is 10.2. The lowest BCUT2D eigenvalue weighted by molar-refractivity contribution is 0.132. The molecule has 0 radical (unpaired) electrons. The van der Waals surface area contributed by atoms with Gasteiger partial charge in [-0.25, -0.2) is 0 Å². The smallest absolute Gasteiger partial charge is 0.142 e. The summed E-state index contributed by atoms with van der Waals surface area (Å²) in [5.74, 6) is 0.884. The Balaban J connectivity index is 1.72. The quantitative estimate of drug-likeness (QED) is 0.443. The molecule has 0 bridgehead atoms. The molecule has 0 N–H and O–H groups in total. The van der Waals surface area contributed by atoms with Crippen molar-refractivity contribution in [1.29, 1.82) is 0 Å². The molecular formula is C22H24N2O2. The predicted molar refractivity (Wildman–Crippen MR) is 105 cm³/mol. The minimum absolute atomic E-state index is 0.467. The van der Waals surface area contributed by atoms with Crippen LogP contribution in [0.1, 0.15) is 29.4 Å². The maximum atomic E-state index is 5.52. The van der Waals surface area contributed by atoms with Crippen LogP contribution in [0, 0.1) is 13.8 Å². The molecular weight excluding hydrogens is 324 g/mol. The Bertz CT molecular complexity index is 865. The van der Waals surface area contributed by atoms with Gasteiger partial charge in [-0.05, 0) is 56.7 Å². The first-order valence-electron chi connectivity index (χ1n) is 8.80. The van der Waals surface area contributed by atoms with Crippen LogP contribution in [-0.2, 0) is 11.4 Å². The van der Waals surface area contributed by atoms with Crippen molar-refractivity contribution < 1.29 is 9.57 Å². The Labute approximate surface area is 154 Å². The second-order valence-electron chi connectivity index (χ2n) is 6.08. The summed E-state index contributed by atoms with van der Waals surface area (Å²) in [6.07, 6.45) is 1.77. The van der Waals surface area contributed by atoms with Gasteiger partial charge in [0.15, 0.2) is 0 Å². The maximum absolute atomic E-state index is 5.52. The van der Waals surface area contributed by atoms with Crippen LogP contribution in [0.25, 0.3) is 5.69 Å². The summed E-state index contributed by atoms with van der Waals surface area (Å²) in [7, 11) is 0. The fourth-order valence-electron chi connectivity index (χ4n) is 2.95. The average Bonchev–Trinajstić information content (AvgIpc) is 2.94. The second kappa shape index (κ2) is 8.39. The summed E-state index contributed by atoms with van der Waals surface area (Å²) in [5, 5.41) is 4.13. The van der Waals surface area contributed by atoms with E-state index in [2.05, 4.69) is 41.8 Å². The molecule has 2 aromatic carbocycles. The lowest BCUT2D eigenvalue weighted by Gasteiger charge is -2.10. The van der Waals surface area contributed by atoms with Crippen molar-refractivity contribution in [1.82, 2.24) is 4.57 Å². The van der Waals surface area contributed by atoms with E-state index in [0.29, 0.717) is 13.2 Å².